The summed E-state index contributed by atoms with van der Waals surface area (Å²) in [5.41, 5.74) is 6.97. The Kier molecular flexibility index (Phi) is 5.86. The largest absolute Gasteiger partial charge is 0.350 e. The van der Waals surface area contributed by atoms with E-state index < -0.39 is 0 Å². The van der Waals surface area contributed by atoms with Crippen LogP contribution in [0, 0.1) is 26.6 Å². The van der Waals surface area contributed by atoms with Crippen molar-refractivity contribution in [3.8, 4) is 16.8 Å². The molecule has 35 heavy (non-hydrogen) atoms. The van der Waals surface area contributed by atoms with Crippen LogP contribution < -0.4 is 5.32 Å². The third-order valence-electron chi connectivity index (χ3n) is 6.16. The van der Waals surface area contributed by atoms with E-state index in [2.05, 4.69) is 20.5 Å². The van der Waals surface area contributed by atoms with Gasteiger partial charge >= 0.3 is 0 Å². The molecule has 0 bridgehead atoms. The lowest BCUT2D eigenvalue weighted by Crippen LogP contribution is -2.28. The smallest absolute Gasteiger partial charge is 0.242 e. The molecule has 0 aliphatic heterocycles. The Morgan fingerprint density at radius 3 is 2.43 bits per heavy atom. The second-order valence-electron chi connectivity index (χ2n) is 8.48. The van der Waals surface area contributed by atoms with Gasteiger partial charge in [0.05, 0.1) is 17.1 Å². The number of aromatic nitrogens is 5. The molecule has 0 saturated carbocycles. The molecule has 0 spiro atoms. The topological polar surface area (TPSA) is 77.6 Å². The van der Waals surface area contributed by atoms with E-state index in [0.29, 0.717) is 12.2 Å². The van der Waals surface area contributed by atoms with Crippen molar-refractivity contribution in [2.24, 2.45) is 0 Å². The fourth-order valence-corrected chi connectivity index (χ4v) is 4.39. The maximum Gasteiger partial charge on any atom is 0.242 e. The minimum Gasteiger partial charge on any atom is -0.350 e. The molecule has 0 saturated heterocycles. The molecular formula is C27H25FN6O. The maximum absolute atomic E-state index is 13.4. The molecule has 1 amide bonds. The SMILES string of the molecule is Cc1nn(-c2ccccc2)c(C)c1CNC(=O)Cn1nc(C)c2c(-c3ccc(F)cc3)ccnc21. The van der Waals surface area contributed by atoms with Crippen molar-refractivity contribution in [3.05, 3.63) is 95.3 Å². The number of benzene rings is 2. The molecule has 0 aliphatic rings. The first kappa shape index (κ1) is 22.5. The van der Waals surface area contributed by atoms with Gasteiger partial charge in [-0.25, -0.2) is 18.7 Å². The monoisotopic (exact) mass is 468 g/mol. The van der Waals surface area contributed by atoms with E-state index in [-0.39, 0.29) is 18.3 Å². The molecule has 176 valence electrons. The number of hydrogen-bond acceptors (Lipinski definition) is 4. The van der Waals surface area contributed by atoms with Crippen molar-refractivity contribution in [1.82, 2.24) is 29.9 Å². The van der Waals surface area contributed by atoms with E-state index in [0.717, 1.165) is 44.8 Å². The van der Waals surface area contributed by atoms with Crippen LogP contribution in [-0.2, 0) is 17.9 Å². The standard InChI is InChI=1S/C27H25FN6O/c1-17-24(19(3)34(32-17)22-7-5-4-6-8-22)15-30-25(35)16-33-27-26(18(2)31-33)23(13-14-29-27)20-9-11-21(28)12-10-20/h4-14H,15-16H2,1-3H3,(H,30,35). The van der Waals surface area contributed by atoms with Gasteiger partial charge in [-0.2, -0.15) is 10.2 Å². The summed E-state index contributed by atoms with van der Waals surface area (Å²) in [6.45, 7) is 6.24. The number of nitrogens with zero attached hydrogens (tertiary/aromatic N) is 5. The molecule has 0 fully saturated rings. The fraction of sp³-hybridized carbons (Fsp3) is 0.185. The number of aryl methyl sites for hydroxylation is 2. The van der Waals surface area contributed by atoms with Crippen LogP contribution in [-0.4, -0.2) is 30.5 Å². The zero-order chi connectivity index (χ0) is 24.5. The number of halogens is 1. The highest BCUT2D eigenvalue weighted by atomic mass is 19.1. The van der Waals surface area contributed by atoms with Gasteiger partial charge in [-0.1, -0.05) is 30.3 Å². The third kappa shape index (κ3) is 4.30. The summed E-state index contributed by atoms with van der Waals surface area (Å²) in [4.78, 5) is 17.3. The second-order valence-corrected chi connectivity index (χ2v) is 8.48. The van der Waals surface area contributed by atoms with Gasteiger partial charge in [0.25, 0.3) is 0 Å². The summed E-state index contributed by atoms with van der Waals surface area (Å²) in [6, 6.07) is 18.1. The molecule has 1 N–H and O–H groups in total. The van der Waals surface area contributed by atoms with Gasteiger partial charge in [-0.05, 0) is 62.2 Å². The lowest BCUT2D eigenvalue weighted by Gasteiger charge is -2.08. The van der Waals surface area contributed by atoms with Crippen LogP contribution in [0.3, 0.4) is 0 Å². The lowest BCUT2D eigenvalue weighted by atomic mass is 10.0. The Morgan fingerprint density at radius 2 is 1.69 bits per heavy atom. The highest BCUT2D eigenvalue weighted by Crippen LogP contribution is 2.30. The van der Waals surface area contributed by atoms with E-state index in [4.69, 9.17) is 0 Å². The highest BCUT2D eigenvalue weighted by molar-refractivity contribution is 5.95. The van der Waals surface area contributed by atoms with Gasteiger partial charge in [0.2, 0.25) is 5.91 Å². The Labute approximate surface area is 202 Å². The Morgan fingerprint density at radius 1 is 0.943 bits per heavy atom. The molecule has 0 atom stereocenters. The van der Waals surface area contributed by atoms with Gasteiger partial charge in [0.15, 0.2) is 5.65 Å². The minimum atomic E-state index is -0.289. The van der Waals surface area contributed by atoms with Crippen LogP contribution in [0.4, 0.5) is 4.39 Å². The third-order valence-corrected chi connectivity index (χ3v) is 6.16. The summed E-state index contributed by atoms with van der Waals surface area (Å²) in [5.74, 6) is -0.461. The summed E-state index contributed by atoms with van der Waals surface area (Å²) < 4.78 is 16.9. The predicted octanol–water partition coefficient (Wildman–Crippen LogP) is 4.66. The van der Waals surface area contributed by atoms with E-state index in [1.165, 1.54) is 12.1 Å². The van der Waals surface area contributed by atoms with Crippen LogP contribution in [0.1, 0.15) is 22.6 Å². The number of pyridine rings is 1. The van der Waals surface area contributed by atoms with E-state index >= 15 is 0 Å². The van der Waals surface area contributed by atoms with Crippen LogP contribution in [0.2, 0.25) is 0 Å². The lowest BCUT2D eigenvalue weighted by molar-refractivity contribution is -0.121. The molecule has 7 nitrogen and oxygen atoms in total. The van der Waals surface area contributed by atoms with E-state index in [9.17, 15) is 9.18 Å². The zero-order valence-electron chi connectivity index (χ0n) is 19.8. The Hall–Kier alpha value is -4.33. The van der Waals surface area contributed by atoms with Gasteiger partial charge in [-0.15, -0.1) is 0 Å². The fourth-order valence-electron chi connectivity index (χ4n) is 4.39. The van der Waals surface area contributed by atoms with Crippen LogP contribution in [0.15, 0.2) is 66.9 Å². The first-order chi connectivity index (χ1) is 16.9. The first-order valence-electron chi connectivity index (χ1n) is 11.4. The number of hydrogen-bond donors (Lipinski definition) is 1. The van der Waals surface area contributed by atoms with Gasteiger partial charge < -0.3 is 5.32 Å². The van der Waals surface area contributed by atoms with E-state index in [1.54, 1.807) is 23.0 Å². The Bertz CT molecular complexity index is 1520. The predicted molar refractivity (Wildman–Crippen MR) is 133 cm³/mol. The van der Waals surface area contributed by atoms with Gasteiger partial charge in [0.1, 0.15) is 12.4 Å². The quantitative estimate of drug-likeness (QED) is 0.393. The second kappa shape index (κ2) is 9.13. The molecule has 0 radical (unpaired) electrons. The summed E-state index contributed by atoms with van der Waals surface area (Å²) in [5, 5.41) is 13.1. The number of fused-ring (bicyclic) bond motifs is 1. The average molecular weight is 469 g/mol. The number of rotatable bonds is 6. The molecule has 5 aromatic rings. The number of nitrogens with one attached hydrogen (secondary N) is 1. The normalized spacial score (nSPS) is 11.2. The summed E-state index contributed by atoms with van der Waals surface area (Å²) in [7, 11) is 0. The van der Waals surface area contributed by atoms with Crippen molar-refractivity contribution in [2.75, 3.05) is 0 Å². The summed E-state index contributed by atoms with van der Waals surface area (Å²) >= 11 is 0. The van der Waals surface area contributed by atoms with Crippen molar-refractivity contribution < 1.29 is 9.18 Å². The average Bonchev–Trinajstić information content (AvgIpc) is 3.33. The molecule has 3 heterocycles. The summed E-state index contributed by atoms with van der Waals surface area (Å²) in [6.07, 6.45) is 1.68. The number of amides is 1. The number of para-hydroxylation sites is 1. The maximum atomic E-state index is 13.4. The zero-order valence-corrected chi connectivity index (χ0v) is 19.8. The van der Waals surface area contributed by atoms with Gasteiger partial charge in [0, 0.05) is 29.4 Å². The molecule has 0 aliphatic carbocycles. The van der Waals surface area contributed by atoms with Crippen LogP contribution >= 0.6 is 0 Å². The molecule has 8 heteroatoms. The Balaban J connectivity index is 1.35. The van der Waals surface area contributed by atoms with Crippen molar-refractivity contribution >= 4 is 16.9 Å². The first-order valence-corrected chi connectivity index (χ1v) is 11.4. The molecule has 5 rings (SSSR count). The van der Waals surface area contributed by atoms with Crippen molar-refractivity contribution in [1.29, 1.82) is 0 Å². The van der Waals surface area contributed by atoms with Gasteiger partial charge in [-0.3, -0.25) is 4.79 Å². The molecule has 2 aromatic carbocycles. The van der Waals surface area contributed by atoms with E-state index in [1.807, 2.05) is 61.9 Å². The van der Waals surface area contributed by atoms with Crippen LogP contribution in [0.25, 0.3) is 27.8 Å². The minimum absolute atomic E-state index is 0.0368. The van der Waals surface area contributed by atoms with Crippen molar-refractivity contribution in [3.63, 3.8) is 0 Å². The number of carbonyl (C=O) groups is 1. The van der Waals surface area contributed by atoms with Crippen molar-refractivity contribution in [2.45, 2.75) is 33.9 Å². The number of carbonyl (C=O) groups excluding carboxylic acids is 1. The molecular weight excluding hydrogens is 443 g/mol. The van der Waals surface area contributed by atoms with Crippen LogP contribution in [0.5, 0.6) is 0 Å². The highest BCUT2D eigenvalue weighted by Gasteiger charge is 2.17. The molecule has 0 unspecified atom stereocenters. The molecule has 3 aromatic heterocycles.